The molecule has 1 aromatic rings. The Kier molecular flexibility index (Phi) is 5.15. The van der Waals surface area contributed by atoms with E-state index in [0.717, 1.165) is 39.1 Å². The summed E-state index contributed by atoms with van der Waals surface area (Å²) >= 11 is 0. The van der Waals surface area contributed by atoms with E-state index in [0.29, 0.717) is 18.0 Å². The van der Waals surface area contributed by atoms with Gasteiger partial charge in [0.1, 0.15) is 0 Å². The minimum atomic E-state index is 0.104. The molecule has 1 saturated heterocycles. The van der Waals surface area contributed by atoms with Gasteiger partial charge in [-0.25, -0.2) is 0 Å². The third-order valence-corrected chi connectivity index (χ3v) is 3.43. The molecule has 0 aliphatic carbocycles. The fraction of sp³-hybridized carbons (Fsp3) is 0.846. The van der Waals surface area contributed by atoms with E-state index < -0.39 is 0 Å². The van der Waals surface area contributed by atoms with Crippen LogP contribution in [0.25, 0.3) is 0 Å². The second kappa shape index (κ2) is 6.86. The van der Waals surface area contributed by atoms with Crippen LogP contribution in [0.4, 0.5) is 6.01 Å². The van der Waals surface area contributed by atoms with Crippen LogP contribution in [-0.2, 0) is 4.74 Å². The summed E-state index contributed by atoms with van der Waals surface area (Å²) in [7, 11) is 0. The topological polar surface area (TPSA) is 63.4 Å². The number of anilines is 1. The first-order chi connectivity index (χ1) is 9.24. The molecule has 2 rings (SSSR count). The van der Waals surface area contributed by atoms with Crippen molar-refractivity contribution >= 4 is 6.01 Å². The summed E-state index contributed by atoms with van der Waals surface area (Å²) in [5, 5.41) is 11.5. The molecule has 0 bridgehead atoms. The molecule has 0 radical (unpaired) electrons. The predicted octanol–water partition coefficient (Wildman–Crippen LogP) is 1.75. The summed E-state index contributed by atoms with van der Waals surface area (Å²) in [5.74, 6) is 0.656. The van der Waals surface area contributed by atoms with E-state index in [1.165, 1.54) is 0 Å². The van der Waals surface area contributed by atoms with E-state index in [2.05, 4.69) is 27.3 Å². The molecule has 1 aliphatic rings. The molecule has 0 aromatic carbocycles. The summed E-state index contributed by atoms with van der Waals surface area (Å²) in [6.07, 6.45) is 2.42. The molecule has 19 heavy (non-hydrogen) atoms. The number of rotatable bonds is 6. The molecule has 108 valence electrons. The lowest BCUT2D eigenvalue weighted by Gasteiger charge is -2.30. The second-order valence-corrected chi connectivity index (χ2v) is 4.84. The third-order valence-electron chi connectivity index (χ3n) is 3.43. The van der Waals surface area contributed by atoms with E-state index >= 15 is 0 Å². The van der Waals surface area contributed by atoms with Crippen LogP contribution in [0.15, 0.2) is 4.42 Å². The van der Waals surface area contributed by atoms with Crippen molar-refractivity contribution in [2.45, 2.75) is 45.8 Å². The van der Waals surface area contributed by atoms with Crippen molar-refractivity contribution < 1.29 is 9.15 Å². The molecule has 1 atom stereocenters. The summed E-state index contributed by atoms with van der Waals surface area (Å²) < 4.78 is 11.4. The highest BCUT2D eigenvalue weighted by Crippen LogP contribution is 2.22. The van der Waals surface area contributed by atoms with Gasteiger partial charge in [0, 0.05) is 19.7 Å². The minimum absolute atomic E-state index is 0.104. The normalized spacial score (nSPS) is 18.8. The second-order valence-electron chi connectivity index (χ2n) is 4.84. The Hall–Kier alpha value is -1.14. The van der Waals surface area contributed by atoms with Crippen LogP contribution < -0.4 is 10.2 Å². The zero-order chi connectivity index (χ0) is 13.7. The number of hydrogen-bond donors (Lipinski definition) is 1. The first kappa shape index (κ1) is 14.3. The zero-order valence-electron chi connectivity index (χ0n) is 12.1. The molecule has 0 spiro atoms. The smallest absolute Gasteiger partial charge is 0.318 e. The van der Waals surface area contributed by atoms with Gasteiger partial charge >= 0.3 is 6.01 Å². The number of hydrogen-bond acceptors (Lipinski definition) is 6. The molecular weight excluding hydrogens is 244 g/mol. The monoisotopic (exact) mass is 268 g/mol. The van der Waals surface area contributed by atoms with Gasteiger partial charge in [0.15, 0.2) is 0 Å². The van der Waals surface area contributed by atoms with Crippen molar-refractivity contribution in [2.24, 2.45) is 0 Å². The van der Waals surface area contributed by atoms with E-state index in [-0.39, 0.29) is 6.04 Å². The predicted molar refractivity (Wildman–Crippen MR) is 73.3 cm³/mol. The van der Waals surface area contributed by atoms with Crippen molar-refractivity contribution in [1.29, 1.82) is 0 Å². The highest BCUT2D eigenvalue weighted by Gasteiger charge is 2.23. The van der Waals surface area contributed by atoms with Crippen LogP contribution in [-0.4, -0.2) is 42.5 Å². The van der Waals surface area contributed by atoms with Gasteiger partial charge in [-0.2, -0.15) is 0 Å². The Bertz CT molecular complexity index is 374. The van der Waals surface area contributed by atoms with Crippen molar-refractivity contribution in [3.8, 4) is 0 Å². The van der Waals surface area contributed by atoms with Crippen LogP contribution >= 0.6 is 0 Å². The van der Waals surface area contributed by atoms with Crippen LogP contribution in [0.2, 0.25) is 0 Å². The molecule has 1 fully saturated rings. The van der Waals surface area contributed by atoms with Gasteiger partial charge in [0.2, 0.25) is 5.89 Å². The van der Waals surface area contributed by atoms with Crippen LogP contribution in [0.5, 0.6) is 0 Å². The minimum Gasteiger partial charge on any atom is -0.406 e. The lowest BCUT2D eigenvalue weighted by atomic mass is 10.1. The van der Waals surface area contributed by atoms with E-state index in [1.54, 1.807) is 0 Å². The molecule has 0 saturated carbocycles. The molecule has 1 unspecified atom stereocenters. The maximum atomic E-state index is 5.73. The fourth-order valence-electron chi connectivity index (χ4n) is 2.37. The Balaban J connectivity index is 1.89. The molecular formula is C13H24N4O2. The van der Waals surface area contributed by atoms with Crippen LogP contribution in [0, 0.1) is 0 Å². The molecule has 1 aromatic heterocycles. The Morgan fingerprint density at radius 2 is 2.11 bits per heavy atom. The molecule has 2 heterocycles. The summed E-state index contributed by atoms with van der Waals surface area (Å²) in [6.45, 7) is 9.64. The molecule has 6 heteroatoms. The molecule has 1 aliphatic heterocycles. The zero-order valence-corrected chi connectivity index (χ0v) is 12.1. The highest BCUT2D eigenvalue weighted by molar-refractivity contribution is 5.25. The highest BCUT2D eigenvalue weighted by atomic mass is 16.5. The number of aromatic nitrogens is 2. The fourth-order valence-corrected chi connectivity index (χ4v) is 2.37. The van der Waals surface area contributed by atoms with Gasteiger partial charge in [-0.05, 0) is 33.2 Å². The van der Waals surface area contributed by atoms with Crippen molar-refractivity contribution in [3.05, 3.63) is 5.89 Å². The summed E-state index contributed by atoms with van der Waals surface area (Å²) in [6, 6.07) is 0.738. The van der Waals surface area contributed by atoms with Gasteiger partial charge in [-0.1, -0.05) is 12.0 Å². The molecule has 0 amide bonds. The standard InChI is InChI=1S/C13H24N4O2/c1-4-14-10(3)12-15-16-13(19-12)17-8-6-11(7-9-17)18-5-2/h10-11,14H,4-9H2,1-3H3. The van der Waals surface area contributed by atoms with Crippen molar-refractivity contribution in [1.82, 2.24) is 15.5 Å². The number of nitrogens with one attached hydrogen (secondary N) is 1. The SMILES string of the molecule is CCNC(C)c1nnc(N2CCC(OCC)CC2)o1. The van der Waals surface area contributed by atoms with E-state index in [1.807, 2.05) is 13.8 Å². The first-order valence-corrected chi connectivity index (χ1v) is 7.17. The van der Waals surface area contributed by atoms with E-state index in [9.17, 15) is 0 Å². The molecule has 1 N–H and O–H groups in total. The number of nitrogens with zero attached hydrogens (tertiary/aromatic N) is 3. The van der Waals surface area contributed by atoms with Crippen molar-refractivity contribution in [3.63, 3.8) is 0 Å². The van der Waals surface area contributed by atoms with Gasteiger partial charge in [-0.3, -0.25) is 0 Å². The van der Waals surface area contributed by atoms with E-state index in [4.69, 9.17) is 9.15 Å². The average molecular weight is 268 g/mol. The summed E-state index contributed by atoms with van der Waals surface area (Å²) in [5.41, 5.74) is 0. The summed E-state index contributed by atoms with van der Waals surface area (Å²) in [4.78, 5) is 2.14. The first-order valence-electron chi connectivity index (χ1n) is 7.17. The third kappa shape index (κ3) is 3.67. The Morgan fingerprint density at radius 1 is 1.37 bits per heavy atom. The van der Waals surface area contributed by atoms with Gasteiger partial charge in [0.25, 0.3) is 0 Å². The number of ether oxygens (including phenoxy) is 1. The van der Waals surface area contributed by atoms with Gasteiger partial charge in [-0.15, -0.1) is 5.10 Å². The van der Waals surface area contributed by atoms with Gasteiger partial charge in [0.05, 0.1) is 12.1 Å². The van der Waals surface area contributed by atoms with Crippen molar-refractivity contribution in [2.75, 3.05) is 31.1 Å². The largest absolute Gasteiger partial charge is 0.406 e. The Morgan fingerprint density at radius 3 is 2.74 bits per heavy atom. The maximum Gasteiger partial charge on any atom is 0.318 e. The quantitative estimate of drug-likeness (QED) is 0.848. The lowest BCUT2D eigenvalue weighted by Crippen LogP contribution is -2.37. The average Bonchev–Trinajstić information content (AvgIpc) is 2.90. The Labute approximate surface area is 114 Å². The van der Waals surface area contributed by atoms with Crippen LogP contribution in [0.3, 0.4) is 0 Å². The lowest BCUT2D eigenvalue weighted by molar-refractivity contribution is 0.0453. The van der Waals surface area contributed by atoms with Crippen LogP contribution in [0.1, 0.15) is 45.5 Å². The molecule has 6 nitrogen and oxygen atoms in total. The number of piperidine rings is 1. The van der Waals surface area contributed by atoms with Gasteiger partial charge < -0.3 is 19.4 Å². The maximum absolute atomic E-state index is 5.73.